The quantitative estimate of drug-likeness (QED) is 0.633. The number of halogens is 1. The number of hydrogen-bond donors (Lipinski definition) is 1. The minimum Gasteiger partial charge on any atom is -0.495 e. The number of hydrogen-bond acceptors (Lipinski definition) is 4. The van der Waals surface area contributed by atoms with E-state index in [9.17, 15) is 13.2 Å². The van der Waals surface area contributed by atoms with E-state index in [0.29, 0.717) is 17.2 Å². The van der Waals surface area contributed by atoms with Gasteiger partial charge in [-0.1, -0.05) is 36.7 Å². The fourth-order valence-corrected chi connectivity index (χ4v) is 5.02. The second kappa shape index (κ2) is 9.92. The number of fused-ring (bicyclic) bond motifs is 1. The molecule has 0 unspecified atom stereocenters. The maximum Gasteiger partial charge on any atom is 0.241 e. The van der Waals surface area contributed by atoms with E-state index in [1.165, 1.54) is 37.1 Å². The van der Waals surface area contributed by atoms with Crippen LogP contribution in [-0.4, -0.2) is 34.2 Å². The summed E-state index contributed by atoms with van der Waals surface area (Å²) in [4.78, 5) is 12.9. The Balaban J connectivity index is 1.81. The number of aryl methyl sites for hydroxylation is 2. The van der Waals surface area contributed by atoms with Gasteiger partial charge in [0.2, 0.25) is 15.9 Å². The van der Waals surface area contributed by atoms with Crippen LogP contribution in [0.3, 0.4) is 0 Å². The molecule has 1 aliphatic carbocycles. The number of sulfonamides is 1. The second-order valence-electron chi connectivity index (χ2n) is 7.85. The highest BCUT2D eigenvalue weighted by atomic mass is 35.5. The summed E-state index contributed by atoms with van der Waals surface area (Å²) >= 11 is 6.07. The topological polar surface area (TPSA) is 75.7 Å². The first-order valence-electron chi connectivity index (χ1n) is 10.4. The van der Waals surface area contributed by atoms with Gasteiger partial charge in [0, 0.05) is 5.02 Å². The highest BCUT2D eigenvalue weighted by Crippen LogP contribution is 2.33. The molecule has 0 saturated heterocycles. The smallest absolute Gasteiger partial charge is 0.241 e. The minimum atomic E-state index is -3.75. The molecule has 31 heavy (non-hydrogen) atoms. The highest BCUT2D eigenvalue weighted by Gasteiger charge is 2.25. The van der Waals surface area contributed by atoms with Gasteiger partial charge in [0.15, 0.2) is 0 Å². The number of nitrogens with one attached hydrogen (secondary N) is 1. The summed E-state index contributed by atoms with van der Waals surface area (Å²) in [5, 5.41) is 3.35. The summed E-state index contributed by atoms with van der Waals surface area (Å²) < 4.78 is 31.3. The van der Waals surface area contributed by atoms with E-state index in [0.717, 1.165) is 29.0 Å². The molecule has 0 aromatic heterocycles. The third kappa shape index (κ3) is 5.71. The van der Waals surface area contributed by atoms with E-state index in [4.69, 9.17) is 16.3 Å². The van der Waals surface area contributed by atoms with Crippen LogP contribution in [0.1, 0.15) is 48.9 Å². The van der Waals surface area contributed by atoms with Gasteiger partial charge in [-0.25, -0.2) is 8.42 Å². The van der Waals surface area contributed by atoms with Crippen LogP contribution in [0.4, 0.5) is 5.69 Å². The van der Waals surface area contributed by atoms with Crippen LogP contribution in [0.25, 0.3) is 0 Å². The Bertz CT molecular complexity index is 1060. The predicted molar refractivity (Wildman–Crippen MR) is 124 cm³/mol. The van der Waals surface area contributed by atoms with Crippen molar-refractivity contribution in [3.8, 4) is 5.75 Å². The summed E-state index contributed by atoms with van der Waals surface area (Å²) in [5.74, 6) is -0.0682. The molecule has 1 amide bonds. The number of benzene rings is 2. The molecule has 1 N–H and O–H groups in total. The normalized spacial score (nSPS) is 14.5. The van der Waals surface area contributed by atoms with Crippen molar-refractivity contribution in [1.82, 2.24) is 5.32 Å². The maximum absolute atomic E-state index is 12.9. The van der Waals surface area contributed by atoms with Crippen LogP contribution < -0.4 is 14.4 Å². The van der Waals surface area contributed by atoms with Crippen molar-refractivity contribution in [2.75, 3.05) is 24.2 Å². The summed E-state index contributed by atoms with van der Waals surface area (Å²) in [6.07, 6.45) is 6.32. The van der Waals surface area contributed by atoms with E-state index in [1.54, 1.807) is 12.1 Å². The molecular weight excluding hydrogens is 436 g/mol. The monoisotopic (exact) mass is 464 g/mol. The molecule has 2 aromatic carbocycles. The van der Waals surface area contributed by atoms with Crippen molar-refractivity contribution < 1.29 is 17.9 Å². The van der Waals surface area contributed by atoms with Crippen LogP contribution in [0.5, 0.6) is 5.75 Å². The summed E-state index contributed by atoms with van der Waals surface area (Å²) in [6, 6.07) is 10.9. The number of anilines is 1. The Kier molecular flexibility index (Phi) is 7.49. The van der Waals surface area contributed by atoms with E-state index in [-0.39, 0.29) is 18.3 Å². The van der Waals surface area contributed by atoms with Crippen molar-refractivity contribution in [3.63, 3.8) is 0 Å². The van der Waals surface area contributed by atoms with E-state index < -0.39 is 15.9 Å². The molecule has 0 spiro atoms. The Morgan fingerprint density at radius 3 is 2.52 bits per heavy atom. The Morgan fingerprint density at radius 2 is 1.87 bits per heavy atom. The summed E-state index contributed by atoms with van der Waals surface area (Å²) in [5.41, 5.74) is 4.00. The van der Waals surface area contributed by atoms with Crippen molar-refractivity contribution in [3.05, 3.63) is 58.1 Å². The van der Waals surface area contributed by atoms with Crippen LogP contribution >= 0.6 is 11.6 Å². The molecule has 0 aliphatic heterocycles. The molecular formula is C23H29ClN2O4S. The second-order valence-corrected chi connectivity index (χ2v) is 10.2. The van der Waals surface area contributed by atoms with Crippen LogP contribution in [0.15, 0.2) is 36.4 Å². The lowest BCUT2D eigenvalue weighted by atomic mass is 9.89. The maximum atomic E-state index is 12.9. The van der Waals surface area contributed by atoms with Gasteiger partial charge in [-0.3, -0.25) is 9.10 Å². The molecule has 0 fully saturated rings. The summed E-state index contributed by atoms with van der Waals surface area (Å²) in [7, 11) is -2.31. The average Bonchev–Trinajstić information content (AvgIpc) is 2.74. The van der Waals surface area contributed by atoms with Crippen LogP contribution in [0, 0.1) is 0 Å². The van der Waals surface area contributed by atoms with E-state index in [2.05, 4.69) is 23.5 Å². The molecule has 1 aliphatic rings. The van der Waals surface area contributed by atoms with Gasteiger partial charge < -0.3 is 10.1 Å². The molecule has 0 heterocycles. The molecule has 8 heteroatoms. The molecule has 1 atom stereocenters. The Labute approximate surface area is 189 Å². The SMILES string of the molecule is CC[C@H](NC(=O)CN(c1cc(Cl)ccc1OC)S(C)(=O)=O)c1ccc2c(c1)CCCC2. The Morgan fingerprint density at radius 1 is 1.16 bits per heavy atom. The lowest BCUT2D eigenvalue weighted by molar-refractivity contribution is -0.120. The first-order chi connectivity index (χ1) is 14.7. The number of rotatable bonds is 8. The first kappa shape index (κ1) is 23.4. The Hall–Kier alpha value is -2.25. The fraction of sp³-hybridized carbons (Fsp3) is 0.435. The standard InChI is InChI=1S/C23H29ClN2O4S/c1-4-20(18-10-9-16-7-5-6-8-17(16)13-18)25-23(27)15-26(31(3,28)29)21-14-19(24)11-12-22(21)30-2/h9-14,20H,4-8,15H2,1-3H3,(H,25,27)/t20-/m0/s1. The third-order valence-corrected chi connectivity index (χ3v) is 6.98. The number of amides is 1. The van der Waals surface area contributed by atoms with Gasteiger partial charge in [-0.2, -0.15) is 0 Å². The number of ether oxygens (including phenoxy) is 1. The fourth-order valence-electron chi connectivity index (χ4n) is 4.00. The highest BCUT2D eigenvalue weighted by molar-refractivity contribution is 7.92. The number of carbonyl (C=O) groups is 1. The van der Waals surface area contributed by atoms with Gasteiger partial charge >= 0.3 is 0 Å². The molecule has 168 valence electrons. The molecule has 0 radical (unpaired) electrons. The zero-order valence-corrected chi connectivity index (χ0v) is 19.7. The molecule has 2 aromatic rings. The molecule has 3 rings (SSSR count). The number of methoxy groups -OCH3 is 1. The zero-order valence-electron chi connectivity index (χ0n) is 18.2. The van der Waals surface area contributed by atoms with Crippen molar-refractivity contribution in [2.24, 2.45) is 0 Å². The van der Waals surface area contributed by atoms with Gasteiger partial charge in [-0.05, 0) is 67.0 Å². The van der Waals surface area contributed by atoms with Crippen LogP contribution in [-0.2, 0) is 27.7 Å². The zero-order chi connectivity index (χ0) is 22.6. The summed E-state index contributed by atoms with van der Waals surface area (Å²) in [6.45, 7) is 1.63. The van der Waals surface area contributed by atoms with E-state index >= 15 is 0 Å². The molecule has 0 bridgehead atoms. The van der Waals surface area contributed by atoms with Crippen molar-refractivity contribution >= 4 is 33.2 Å². The van der Waals surface area contributed by atoms with Crippen LogP contribution in [0.2, 0.25) is 5.02 Å². The molecule has 0 saturated carbocycles. The number of carbonyl (C=O) groups excluding carboxylic acids is 1. The lowest BCUT2D eigenvalue weighted by Crippen LogP contribution is -2.41. The van der Waals surface area contributed by atoms with E-state index in [1.807, 2.05) is 6.92 Å². The number of nitrogens with zero attached hydrogens (tertiary/aromatic N) is 1. The van der Waals surface area contributed by atoms with Gasteiger partial charge in [0.1, 0.15) is 12.3 Å². The lowest BCUT2D eigenvalue weighted by Gasteiger charge is -2.26. The van der Waals surface area contributed by atoms with Gasteiger partial charge in [-0.15, -0.1) is 0 Å². The minimum absolute atomic E-state index is 0.192. The van der Waals surface area contributed by atoms with Gasteiger partial charge in [0.05, 0.1) is 25.1 Å². The van der Waals surface area contributed by atoms with Crippen molar-refractivity contribution in [1.29, 1.82) is 0 Å². The van der Waals surface area contributed by atoms with Gasteiger partial charge in [0.25, 0.3) is 0 Å². The largest absolute Gasteiger partial charge is 0.495 e. The predicted octanol–water partition coefficient (Wildman–Crippen LogP) is 4.26. The first-order valence-corrected chi connectivity index (χ1v) is 12.7. The average molecular weight is 465 g/mol. The molecule has 6 nitrogen and oxygen atoms in total. The third-order valence-electron chi connectivity index (χ3n) is 5.62. The van der Waals surface area contributed by atoms with Crippen molar-refractivity contribution in [2.45, 2.75) is 45.1 Å².